The predicted octanol–water partition coefficient (Wildman–Crippen LogP) is 2.12. The molecule has 0 unspecified atom stereocenters. The van der Waals surface area contributed by atoms with Crippen LogP contribution in [0.25, 0.3) is 0 Å². The third-order valence-electron chi connectivity index (χ3n) is 4.07. The number of hydrogen-bond acceptors (Lipinski definition) is 5. The second kappa shape index (κ2) is 7.10. The van der Waals surface area contributed by atoms with E-state index in [0.29, 0.717) is 10.8 Å². The number of fused-ring (bicyclic) bond motifs is 1. The van der Waals surface area contributed by atoms with Crippen molar-refractivity contribution in [2.24, 2.45) is 0 Å². The molecule has 25 heavy (non-hydrogen) atoms. The fourth-order valence-electron chi connectivity index (χ4n) is 2.72. The molecule has 1 aliphatic heterocycles. The number of rotatable bonds is 4. The van der Waals surface area contributed by atoms with E-state index >= 15 is 0 Å². The highest BCUT2D eigenvalue weighted by atomic mass is 32.2. The van der Waals surface area contributed by atoms with Gasteiger partial charge in [0, 0.05) is 12.1 Å². The lowest BCUT2D eigenvalue weighted by Gasteiger charge is -2.23. The van der Waals surface area contributed by atoms with E-state index < -0.39 is 17.4 Å². The van der Waals surface area contributed by atoms with Gasteiger partial charge in [-0.2, -0.15) is 0 Å². The van der Waals surface area contributed by atoms with Crippen molar-refractivity contribution in [3.05, 3.63) is 45.7 Å². The molecule has 3 N–H and O–H groups in total. The van der Waals surface area contributed by atoms with Crippen molar-refractivity contribution in [3.8, 4) is 0 Å². The molecule has 1 aromatic heterocycles. The Kier molecular flexibility index (Phi) is 4.89. The van der Waals surface area contributed by atoms with Gasteiger partial charge >= 0.3 is 0 Å². The number of aromatic amines is 1. The van der Waals surface area contributed by atoms with Crippen LogP contribution in [0.3, 0.4) is 0 Å². The van der Waals surface area contributed by atoms with Gasteiger partial charge in [0.2, 0.25) is 11.8 Å². The average Bonchev–Trinajstić information content (AvgIpc) is 2.61. The molecular formula is C17H18N4O3S. The van der Waals surface area contributed by atoms with Gasteiger partial charge in [0.05, 0.1) is 11.5 Å². The van der Waals surface area contributed by atoms with Crippen LogP contribution in [-0.2, 0) is 16.0 Å². The predicted molar refractivity (Wildman–Crippen MR) is 97.1 cm³/mol. The molecule has 2 heterocycles. The standard InChI is InChI=1S/C17H18N4O3S/c1-3-9-4-6-10(7-5-9)18-15(23)11-8-12(22)19-14-13(11)16(24)21-17(20-14)25-2/h4-7,11H,3,8H2,1-2H3,(H,18,23)(H2,19,20,21,22,24)/t11-/m1/s1. The molecule has 7 nitrogen and oxygen atoms in total. The maximum atomic E-state index is 12.7. The lowest BCUT2D eigenvalue weighted by atomic mass is 9.92. The van der Waals surface area contributed by atoms with Gasteiger partial charge in [-0.15, -0.1) is 0 Å². The minimum atomic E-state index is -0.873. The molecule has 0 aliphatic carbocycles. The number of aromatic nitrogens is 2. The summed E-state index contributed by atoms with van der Waals surface area (Å²) in [5, 5.41) is 5.74. The Hall–Kier alpha value is -2.61. The Morgan fingerprint density at radius 3 is 2.68 bits per heavy atom. The molecule has 0 spiro atoms. The van der Waals surface area contributed by atoms with Gasteiger partial charge in [-0.3, -0.25) is 14.4 Å². The van der Waals surface area contributed by atoms with Gasteiger partial charge in [0.15, 0.2) is 5.16 Å². The first-order chi connectivity index (χ1) is 12.0. The SMILES string of the molecule is CCc1ccc(NC(=O)[C@@H]2CC(=O)Nc3nc(SC)[nH]c(=O)c32)cc1. The molecule has 2 aromatic rings. The highest BCUT2D eigenvalue weighted by Crippen LogP contribution is 2.30. The van der Waals surface area contributed by atoms with Crippen molar-refractivity contribution in [3.63, 3.8) is 0 Å². The van der Waals surface area contributed by atoms with E-state index in [1.807, 2.05) is 19.1 Å². The second-order valence-electron chi connectivity index (χ2n) is 5.68. The van der Waals surface area contributed by atoms with Crippen LogP contribution in [0.2, 0.25) is 0 Å². The van der Waals surface area contributed by atoms with Crippen LogP contribution >= 0.6 is 11.8 Å². The summed E-state index contributed by atoms with van der Waals surface area (Å²) in [5.41, 5.74) is 1.57. The Morgan fingerprint density at radius 1 is 1.32 bits per heavy atom. The average molecular weight is 358 g/mol. The van der Waals surface area contributed by atoms with Gasteiger partial charge in [-0.05, 0) is 30.4 Å². The number of nitrogens with one attached hydrogen (secondary N) is 3. The molecule has 1 atom stereocenters. The molecule has 0 radical (unpaired) electrons. The quantitative estimate of drug-likeness (QED) is 0.574. The number of thioether (sulfide) groups is 1. The molecule has 0 saturated heterocycles. The number of carbonyl (C=O) groups is 2. The summed E-state index contributed by atoms with van der Waals surface area (Å²) in [5.74, 6) is -1.45. The molecule has 1 aromatic carbocycles. The minimum Gasteiger partial charge on any atom is -0.326 e. The zero-order chi connectivity index (χ0) is 18.0. The van der Waals surface area contributed by atoms with Crippen molar-refractivity contribution in [2.75, 3.05) is 16.9 Å². The van der Waals surface area contributed by atoms with Gasteiger partial charge in [-0.25, -0.2) is 4.98 Å². The number of aryl methyl sites for hydroxylation is 1. The Labute approximate surface area is 148 Å². The summed E-state index contributed by atoms with van der Waals surface area (Å²) in [4.78, 5) is 43.8. The number of H-pyrrole nitrogens is 1. The molecule has 8 heteroatoms. The third-order valence-corrected chi connectivity index (χ3v) is 4.65. The van der Waals surface area contributed by atoms with Gasteiger partial charge < -0.3 is 15.6 Å². The molecule has 130 valence electrons. The molecule has 1 aliphatic rings. The largest absolute Gasteiger partial charge is 0.326 e. The van der Waals surface area contributed by atoms with Crippen molar-refractivity contribution < 1.29 is 9.59 Å². The van der Waals surface area contributed by atoms with E-state index in [1.54, 1.807) is 18.4 Å². The first kappa shape index (κ1) is 17.2. The van der Waals surface area contributed by atoms with Crippen LogP contribution < -0.4 is 16.2 Å². The van der Waals surface area contributed by atoms with Crippen molar-refractivity contribution in [1.29, 1.82) is 0 Å². The van der Waals surface area contributed by atoms with Crippen LogP contribution in [0.4, 0.5) is 11.5 Å². The summed E-state index contributed by atoms with van der Waals surface area (Å²) in [6, 6.07) is 7.46. The molecule has 3 rings (SSSR count). The normalized spacial score (nSPS) is 16.1. The lowest BCUT2D eigenvalue weighted by Crippen LogP contribution is -2.36. The number of anilines is 2. The summed E-state index contributed by atoms with van der Waals surface area (Å²) in [6.45, 7) is 2.05. The Balaban J connectivity index is 1.90. The molecule has 0 saturated carbocycles. The number of nitrogens with zero attached hydrogens (tertiary/aromatic N) is 1. The van der Waals surface area contributed by atoms with Crippen LogP contribution in [0, 0.1) is 0 Å². The lowest BCUT2D eigenvalue weighted by molar-refractivity contribution is -0.123. The Bertz CT molecular complexity index is 876. The van der Waals surface area contributed by atoms with E-state index in [0.717, 1.165) is 12.0 Å². The topological polar surface area (TPSA) is 104 Å². The van der Waals surface area contributed by atoms with E-state index in [-0.39, 0.29) is 23.7 Å². The molecule has 0 bridgehead atoms. The van der Waals surface area contributed by atoms with E-state index in [2.05, 4.69) is 20.6 Å². The van der Waals surface area contributed by atoms with Crippen LogP contribution in [0.5, 0.6) is 0 Å². The molecule has 2 amide bonds. The molecular weight excluding hydrogens is 340 g/mol. The fraction of sp³-hybridized carbons (Fsp3) is 0.294. The van der Waals surface area contributed by atoms with Crippen molar-refractivity contribution in [1.82, 2.24) is 9.97 Å². The van der Waals surface area contributed by atoms with Gasteiger partial charge in [0.25, 0.3) is 5.56 Å². The van der Waals surface area contributed by atoms with E-state index in [1.165, 1.54) is 11.8 Å². The van der Waals surface area contributed by atoms with Crippen LogP contribution in [0.15, 0.2) is 34.2 Å². The first-order valence-electron chi connectivity index (χ1n) is 7.89. The fourth-order valence-corrected chi connectivity index (χ4v) is 3.10. The van der Waals surface area contributed by atoms with Crippen molar-refractivity contribution in [2.45, 2.75) is 30.8 Å². The maximum Gasteiger partial charge on any atom is 0.257 e. The number of benzene rings is 1. The van der Waals surface area contributed by atoms with E-state index in [4.69, 9.17) is 0 Å². The van der Waals surface area contributed by atoms with Gasteiger partial charge in [-0.1, -0.05) is 30.8 Å². The second-order valence-corrected chi connectivity index (χ2v) is 6.48. The third kappa shape index (κ3) is 3.58. The summed E-state index contributed by atoms with van der Waals surface area (Å²) in [6.07, 6.45) is 2.58. The minimum absolute atomic E-state index is 0.0880. The van der Waals surface area contributed by atoms with Crippen LogP contribution in [0.1, 0.15) is 30.4 Å². The highest BCUT2D eigenvalue weighted by Gasteiger charge is 2.34. The highest BCUT2D eigenvalue weighted by molar-refractivity contribution is 7.98. The monoisotopic (exact) mass is 358 g/mol. The zero-order valence-electron chi connectivity index (χ0n) is 13.9. The smallest absolute Gasteiger partial charge is 0.257 e. The number of amides is 2. The number of carbonyl (C=O) groups excluding carboxylic acids is 2. The first-order valence-corrected chi connectivity index (χ1v) is 9.12. The maximum absolute atomic E-state index is 12.7. The summed E-state index contributed by atoms with van der Waals surface area (Å²) < 4.78 is 0. The van der Waals surface area contributed by atoms with Gasteiger partial charge in [0.1, 0.15) is 5.82 Å². The van der Waals surface area contributed by atoms with Crippen LogP contribution in [-0.4, -0.2) is 28.0 Å². The van der Waals surface area contributed by atoms with Crippen molar-refractivity contribution >= 4 is 35.1 Å². The molecule has 0 fully saturated rings. The van der Waals surface area contributed by atoms with E-state index in [9.17, 15) is 14.4 Å². The summed E-state index contributed by atoms with van der Waals surface area (Å²) in [7, 11) is 0. The number of hydrogen-bond donors (Lipinski definition) is 3. The zero-order valence-corrected chi connectivity index (χ0v) is 14.7. The summed E-state index contributed by atoms with van der Waals surface area (Å²) >= 11 is 1.25. The Morgan fingerprint density at radius 2 is 2.04 bits per heavy atom.